The van der Waals surface area contributed by atoms with Gasteiger partial charge in [0.1, 0.15) is 17.8 Å². The highest BCUT2D eigenvalue weighted by molar-refractivity contribution is 6.00. The lowest BCUT2D eigenvalue weighted by atomic mass is 10.1. The second kappa shape index (κ2) is 5.64. The third-order valence-electron chi connectivity index (χ3n) is 4.54. The van der Waals surface area contributed by atoms with Crippen LogP contribution in [0, 0.1) is 0 Å². The summed E-state index contributed by atoms with van der Waals surface area (Å²) in [5, 5.41) is 13.6. The summed E-state index contributed by atoms with van der Waals surface area (Å²) in [6.07, 6.45) is 4.49. The molecule has 6 heteroatoms. The zero-order valence-corrected chi connectivity index (χ0v) is 12.7. The molecule has 1 aliphatic heterocycles. The van der Waals surface area contributed by atoms with E-state index >= 15 is 0 Å². The first-order valence-electron chi connectivity index (χ1n) is 7.78. The van der Waals surface area contributed by atoms with E-state index in [4.69, 9.17) is 5.73 Å². The maximum Gasteiger partial charge on any atom is 0.146 e. The van der Waals surface area contributed by atoms with Crippen LogP contribution < -0.4 is 11.1 Å². The van der Waals surface area contributed by atoms with Crippen molar-refractivity contribution >= 4 is 16.9 Å². The number of nitrogens with one attached hydrogen (secondary N) is 1. The van der Waals surface area contributed by atoms with E-state index in [0.29, 0.717) is 5.82 Å². The fourth-order valence-corrected chi connectivity index (χ4v) is 3.37. The Kier molecular flexibility index (Phi) is 3.48. The van der Waals surface area contributed by atoms with Crippen LogP contribution in [-0.4, -0.2) is 38.8 Å². The summed E-state index contributed by atoms with van der Waals surface area (Å²) in [7, 11) is 0. The van der Waals surface area contributed by atoms with E-state index in [1.165, 1.54) is 6.33 Å². The van der Waals surface area contributed by atoms with Crippen molar-refractivity contribution in [2.75, 3.05) is 18.9 Å². The van der Waals surface area contributed by atoms with Gasteiger partial charge in [-0.25, -0.2) is 9.97 Å². The number of fused-ring (bicyclic) bond motifs is 1. The SMILES string of the molecule is Nc1ncnc2c1c(-c1ccccc1)cn2[C@@H]1CN[C@@H](CO)C1. The van der Waals surface area contributed by atoms with Gasteiger partial charge in [0.25, 0.3) is 0 Å². The standard InChI is InChI=1S/C17H19N5O/c18-16-15-14(11-4-2-1-3-5-11)8-22(17(15)21-10-20-16)13-6-12(9-23)19-7-13/h1-5,8,10,12-13,19,23H,6-7,9H2,(H2,18,20,21)/t12-,13+/m1/s1. The van der Waals surface area contributed by atoms with Gasteiger partial charge in [0.2, 0.25) is 0 Å². The Balaban J connectivity index is 1.88. The van der Waals surface area contributed by atoms with Crippen LogP contribution in [-0.2, 0) is 0 Å². The topological polar surface area (TPSA) is 89.0 Å². The monoisotopic (exact) mass is 309 g/mol. The Hall–Kier alpha value is -2.44. The van der Waals surface area contributed by atoms with E-state index in [1.54, 1.807) is 0 Å². The average molecular weight is 309 g/mol. The number of benzene rings is 1. The van der Waals surface area contributed by atoms with Crippen molar-refractivity contribution < 1.29 is 5.11 Å². The highest BCUT2D eigenvalue weighted by atomic mass is 16.3. The molecule has 4 rings (SSSR count). The number of anilines is 1. The second-order valence-electron chi connectivity index (χ2n) is 5.95. The van der Waals surface area contributed by atoms with Gasteiger partial charge in [-0.2, -0.15) is 0 Å². The Morgan fingerprint density at radius 3 is 2.83 bits per heavy atom. The van der Waals surface area contributed by atoms with E-state index in [-0.39, 0.29) is 18.7 Å². The smallest absolute Gasteiger partial charge is 0.146 e. The Morgan fingerprint density at radius 2 is 2.09 bits per heavy atom. The molecule has 118 valence electrons. The summed E-state index contributed by atoms with van der Waals surface area (Å²) in [4.78, 5) is 8.63. The molecule has 0 aliphatic carbocycles. The Morgan fingerprint density at radius 1 is 1.26 bits per heavy atom. The predicted octanol–water partition coefficient (Wildman–Crippen LogP) is 1.58. The maximum atomic E-state index is 9.35. The maximum absolute atomic E-state index is 9.35. The van der Waals surface area contributed by atoms with Crippen molar-refractivity contribution in [2.24, 2.45) is 0 Å². The van der Waals surface area contributed by atoms with Crippen LogP contribution in [0.3, 0.4) is 0 Å². The number of hydrogen-bond donors (Lipinski definition) is 3. The van der Waals surface area contributed by atoms with Crippen LogP contribution >= 0.6 is 0 Å². The van der Waals surface area contributed by atoms with E-state index < -0.39 is 0 Å². The number of rotatable bonds is 3. The van der Waals surface area contributed by atoms with Crippen LogP contribution in [0.15, 0.2) is 42.9 Å². The molecule has 3 heterocycles. The molecule has 1 aromatic carbocycles. The van der Waals surface area contributed by atoms with Gasteiger partial charge in [-0.1, -0.05) is 30.3 Å². The molecule has 1 fully saturated rings. The summed E-state index contributed by atoms with van der Waals surface area (Å²) in [5.74, 6) is 0.497. The molecule has 3 aromatic rings. The van der Waals surface area contributed by atoms with Crippen LogP contribution in [0.1, 0.15) is 12.5 Å². The molecule has 23 heavy (non-hydrogen) atoms. The Bertz CT molecular complexity index is 830. The second-order valence-corrected chi connectivity index (χ2v) is 5.95. The first kappa shape index (κ1) is 14.2. The molecule has 1 aliphatic rings. The summed E-state index contributed by atoms with van der Waals surface area (Å²) in [6, 6.07) is 10.5. The number of nitrogens with zero attached hydrogens (tertiary/aromatic N) is 3. The van der Waals surface area contributed by atoms with Gasteiger partial charge in [-0.15, -0.1) is 0 Å². The van der Waals surface area contributed by atoms with Crippen molar-refractivity contribution in [3.63, 3.8) is 0 Å². The highest BCUT2D eigenvalue weighted by Gasteiger charge is 2.27. The number of hydrogen-bond acceptors (Lipinski definition) is 5. The minimum absolute atomic E-state index is 0.136. The van der Waals surface area contributed by atoms with E-state index in [1.807, 2.05) is 18.2 Å². The summed E-state index contributed by atoms with van der Waals surface area (Å²) >= 11 is 0. The molecular formula is C17H19N5O. The molecule has 0 radical (unpaired) electrons. The first-order chi connectivity index (χ1) is 11.3. The van der Waals surface area contributed by atoms with Gasteiger partial charge >= 0.3 is 0 Å². The average Bonchev–Trinajstić information content (AvgIpc) is 3.20. The lowest BCUT2D eigenvalue weighted by Crippen LogP contribution is -2.24. The van der Waals surface area contributed by atoms with Gasteiger partial charge in [-0.3, -0.25) is 0 Å². The summed E-state index contributed by atoms with van der Waals surface area (Å²) in [6.45, 7) is 0.964. The zero-order valence-electron chi connectivity index (χ0n) is 12.7. The van der Waals surface area contributed by atoms with E-state index in [0.717, 1.165) is 35.1 Å². The van der Waals surface area contributed by atoms with E-state index in [2.05, 4.69) is 38.2 Å². The lowest BCUT2D eigenvalue weighted by molar-refractivity contribution is 0.253. The fourth-order valence-electron chi connectivity index (χ4n) is 3.37. The summed E-state index contributed by atoms with van der Waals surface area (Å²) in [5.41, 5.74) is 9.14. The van der Waals surface area contributed by atoms with E-state index in [9.17, 15) is 5.11 Å². The largest absolute Gasteiger partial charge is 0.395 e. The van der Waals surface area contributed by atoms with Crippen molar-refractivity contribution in [1.29, 1.82) is 0 Å². The molecule has 2 atom stereocenters. The predicted molar refractivity (Wildman–Crippen MR) is 89.9 cm³/mol. The van der Waals surface area contributed by atoms with Gasteiger partial charge in [0, 0.05) is 30.4 Å². The van der Waals surface area contributed by atoms with Crippen LogP contribution in [0.25, 0.3) is 22.2 Å². The van der Waals surface area contributed by atoms with Gasteiger partial charge in [0.05, 0.1) is 12.0 Å². The normalized spacial score (nSPS) is 21.1. The third-order valence-corrected chi connectivity index (χ3v) is 4.54. The number of nitrogens with two attached hydrogens (primary N) is 1. The molecule has 0 bridgehead atoms. The number of aliphatic hydroxyl groups is 1. The van der Waals surface area contributed by atoms with Crippen LogP contribution in [0.5, 0.6) is 0 Å². The van der Waals surface area contributed by atoms with Gasteiger partial charge in [-0.05, 0) is 12.0 Å². The van der Waals surface area contributed by atoms with Gasteiger partial charge < -0.3 is 20.7 Å². The molecule has 0 unspecified atom stereocenters. The van der Waals surface area contributed by atoms with Crippen molar-refractivity contribution in [3.05, 3.63) is 42.9 Å². The quantitative estimate of drug-likeness (QED) is 0.683. The molecular weight excluding hydrogens is 290 g/mol. The molecule has 0 amide bonds. The zero-order chi connectivity index (χ0) is 15.8. The minimum atomic E-state index is 0.136. The molecule has 1 saturated heterocycles. The first-order valence-corrected chi connectivity index (χ1v) is 7.78. The summed E-state index contributed by atoms with van der Waals surface area (Å²) < 4.78 is 2.17. The van der Waals surface area contributed by atoms with Crippen molar-refractivity contribution in [3.8, 4) is 11.1 Å². The van der Waals surface area contributed by atoms with Gasteiger partial charge in [0.15, 0.2) is 0 Å². The number of aromatic nitrogens is 3. The minimum Gasteiger partial charge on any atom is -0.395 e. The van der Waals surface area contributed by atoms with Crippen molar-refractivity contribution in [2.45, 2.75) is 18.5 Å². The van der Waals surface area contributed by atoms with Crippen molar-refractivity contribution in [1.82, 2.24) is 19.9 Å². The fraction of sp³-hybridized carbons (Fsp3) is 0.294. The Labute approximate surface area is 134 Å². The van der Waals surface area contributed by atoms with Crippen LogP contribution in [0.4, 0.5) is 5.82 Å². The molecule has 0 saturated carbocycles. The molecule has 6 nitrogen and oxygen atoms in total. The third kappa shape index (κ3) is 2.36. The molecule has 2 aromatic heterocycles. The highest BCUT2D eigenvalue weighted by Crippen LogP contribution is 2.35. The molecule has 0 spiro atoms. The number of aliphatic hydroxyl groups excluding tert-OH is 1. The molecule has 4 N–H and O–H groups in total. The lowest BCUT2D eigenvalue weighted by Gasteiger charge is -2.12. The number of nitrogen functional groups attached to an aromatic ring is 1. The van der Waals surface area contributed by atoms with Crippen LogP contribution in [0.2, 0.25) is 0 Å².